The van der Waals surface area contributed by atoms with Crippen LogP contribution in [-0.4, -0.2) is 56.2 Å². The number of likely N-dealkylation sites (tertiary alicyclic amines) is 1. The highest BCUT2D eigenvalue weighted by atomic mass is 32.2. The van der Waals surface area contributed by atoms with Gasteiger partial charge in [0.05, 0.1) is 4.92 Å². The second kappa shape index (κ2) is 6.49. The molecule has 0 N–H and O–H groups in total. The number of anilines is 1. The molecule has 2 heterocycles. The van der Waals surface area contributed by atoms with Crippen LogP contribution in [0.5, 0.6) is 0 Å². The van der Waals surface area contributed by atoms with Gasteiger partial charge in [-0.3, -0.25) is 15.0 Å². The third-order valence-corrected chi connectivity index (χ3v) is 7.16. The highest BCUT2D eigenvalue weighted by molar-refractivity contribution is 7.90. The lowest BCUT2D eigenvalue weighted by Crippen LogP contribution is -2.54. The predicted molar refractivity (Wildman–Crippen MR) is 99.3 cm³/mol. The molecular formula is C18H25N3O4S. The van der Waals surface area contributed by atoms with Gasteiger partial charge in [0.15, 0.2) is 9.84 Å². The van der Waals surface area contributed by atoms with Gasteiger partial charge in [0.1, 0.15) is 10.6 Å². The summed E-state index contributed by atoms with van der Waals surface area (Å²) in [6.45, 7) is 2.68. The Morgan fingerprint density at radius 3 is 2.58 bits per heavy atom. The van der Waals surface area contributed by atoms with Crippen molar-refractivity contribution in [2.24, 2.45) is 5.92 Å². The fourth-order valence-corrected chi connectivity index (χ4v) is 5.63. The quantitative estimate of drug-likeness (QED) is 0.590. The number of nitrogens with zero attached hydrogens (tertiary/aromatic N) is 3. The molecule has 8 heteroatoms. The topological polar surface area (TPSA) is 83.8 Å². The number of fused-ring (bicyclic) bond motifs is 1. The van der Waals surface area contributed by atoms with Crippen molar-refractivity contribution >= 4 is 21.2 Å². The molecule has 26 heavy (non-hydrogen) atoms. The van der Waals surface area contributed by atoms with E-state index in [9.17, 15) is 18.5 Å². The maximum Gasteiger partial charge on any atom is 0.311 e. The Bertz CT molecular complexity index is 822. The number of para-hydroxylation sites is 1. The van der Waals surface area contributed by atoms with E-state index in [1.165, 1.54) is 31.9 Å². The van der Waals surface area contributed by atoms with E-state index in [1.54, 1.807) is 12.1 Å². The molecule has 0 radical (unpaired) electrons. The van der Waals surface area contributed by atoms with Gasteiger partial charge in [-0.15, -0.1) is 0 Å². The lowest BCUT2D eigenvalue weighted by Gasteiger charge is -2.48. The number of hydrogen-bond donors (Lipinski definition) is 0. The van der Waals surface area contributed by atoms with E-state index in [0.29, 0.717) is 17.6 Å². The Balaban J connectivity index is 1.64. The molecule has 2 aliphatic heterocycles. The minimum Gasteiger partial charge on any atom is -0.366 e. The third kappa shape index (κ3) is 3.20. The van der Waals surface area contributed by atoms with Gasteiger partial charge in [-0.1, -0.05) is 6.07 Å². The van der Waals surface area contributed by atoms with Crippen molar-refractivity contribution in [3.05, 3.63) is 28.3 Å². The van der Waals surface area contributed by atoms with Crippen LogP contribution in [0.2, 0.25) is 0 Å². The lowest BCUT2D eigenvalue weighted by molar-refractivity contribution is -0.387. The number of benzene rings is 1. The zero-order chi connectivity index (χ0) is 18.5. The molecule has 3 fully saturated rings. The summed E-state index contributed by atoms with van der Waals surface area (Å²) in [5, 5.41) is 11.7. The minimum absolute atomic E-state index is 0.189. The molecule has 2 unspecified atom stereocenters. The molecular weight excluding hydrogens is 354 g/mol. The average Bonchev–Trinajstić information content (AvgIpc) is 3.44. The van der Waals surface area contributed by atoms with Crippen LogP contribution in [0.1, 0.15) is 32.1 Å². The smallest absolute Gasteiger partial charge is 0.311 e. The Kier molecular flexibility index (Phi) is 4.43. The van der Waals surface area contributed by atoms with Crippen LogP contribution in [0, 0.1) is 16.0 Å². The van der Waals surface area contributed by atoms with Gasteiger partial charge in [0.25, 0.3) is 0 Å². The van der Waals surface area contributed by atoms with Crippen LogP contribution in [0.25, 0.3) is 0 Å². The molecule has 0 spiro atoms. The minimum atomic E-state index is -3.65. The van der Waals surface area contributed by atoms with Crippen LogP contribution >= 0.6 is 0 Å². The standard InChI is InChI=1S/C18H25N3O4S/c1-26(24,25)17-6-2-5-16(18(17)21(22)23)19-11-9-15-13(12-19)4-3-10-20(15)14-7-8-14/h2,5-6,13-15H,3-4,7-12H2,1H3. The van der Waals surface area contributed by atoms with Crippen LogP contribution in [0.3, 0.4) is 0 Å². The van der Waals surface area contributed by atoms with Gasteiger partial charge in [0, 0.05) is 31.4 Å². The van der Waals surface area contributed by atoms with Crippen molar-refractivity contribution < 1.29 is 13.3 Å². The molecule has 1 saturated carbocycles. The van der Waals surface area contributed by atoms with Crippen molar-refractivity contribution in [3.63, 3.8) is 0 Å². The maximum atomic E-state index is 12.0. The molecule has 3 aliphatic rings. The van der Waals surface area contributed by atoms with Crippen LogP contribution < -0.4 is 4.90 Å². The fourth-order valence-electron chi connectivity index (χ4n) is 4.77. The second-order valence-corrected chi connectivity index (χ2v) is 9.81. The summed E-state index contributed by atoms with van der Waals surface area (Å²) >= 11 is 0. The number of sulfone groups is 1. The van der Waals surface area contributed by atoms with Gasteiger partial charge in [0.2, 0.25) is 0 Å². The van der Waals surface area contributed by atoms with E-state index >= 15 is 0 Å². The first-order chi connectivity index (χ1) is 12.4. The van der Waals surface area contributed by atoms with Gasteiger partial charge in [-0.25, -0.2) is 8.42 Å². The molecule has 7 nitrogen and oxygen atoms in total. The summed E-state index contributed by atoms with van der Waals surface area (Å²) in [5.41, 5.74) is 0.170. The molecule has 4 rings (SSSR count). The zero-order valence-electron chi connectivity index (χ0n) is 15.0. The summed E-state index contributed by atoms with van der Waals surface area (Å²) in [6.07, 6.45) is 6.94. The molecule has 1 aromatic rings. The van der Waals surface area contributed by atoms with E-state index in [2.05, 4.69) is 4.90 Å². The molecule has 1 aromatic carbocycles. The normalized spacial score (nSPS) is 27.2. The Labute approximate surface area is 154 Å². The van der Waals surface area contributed by atoms with Gasteiger partial charge in [-0.2, -0.15) is 0 Å². The van der Waals surface area contributed by atoms with Crippen molar-refractivity contribution in [2.45, 2.75) is 49.1 Å². The SMILES string of the molecule is CS(=O)(=O)c1cccc(N2CCC3C(CCCN3C3CC3)C2)c1[N+](=O)[O-]. The fraction of sp³-hybridized carbons (Fsp3) is 0.667. The van der Waals surface area contributed by atoms with Crippen LogP contribution in [0.15, 0.2) is 23.1 Å². The van der Waals surface area contributed by atoms with Crippen LogP contribution in [0.4, 0.5) is 11.4 Å². The molecule has 0 aromatic heterocycles. The number of piperidine rings is 2. The molecule has 1 aliphatic carbocycles. The van der Waals surface area contributed by atoms with Gasteiger partial charge >= 0.3 is 5.69 Å². The number of nitro benzene ring substituents is 1. The van der Waals surface area contributed by atoms with E-state index < -0.39 is 14.8 Å². The van der Waals surface area contributed by atoms with Crippen molar-refractivity contribution in [3.8, 4) is 0 Å². The van der Waals surface area contributed by atoms with E-state index in [-0.39, 0.29) is 10.6 Å². The van der Waals surface area contributed by atoms with E-state index in [4.69, 9.17) is 0 Å². The maximum absolute atomic E-state index is 12.0. The summed E-state index contributed by atoms with van der Waals surface area (Å²) in [5.74, 6) is 0.500. The van der Waals surface area contributed by atoms with Crippen molar-refractivity contribution in [2.75, 3.05) is 30.8 Å². The molecule has 0 amide bonds. The first kappa shape index (κ1) is 17.7. The molecule has 2 saturated heterocycles. The predicted octanol–water partition coefficient (Wildman–Crippen LogP) is 2.45. The lowest BCUT2D eigenvalue weighted by atomic mass is 9.83. The average molecular weight is 379 g/mol. The molecule has 2 atom stereocenters. The van der Waals surface area contributed by atoms with E-state index in [1.807, 2.05) is 4.90 Å². The first-order valence-corrected chi connectivity index (χ1v) is 11.2. The largest absolute Gasteiger partial charge is 0.366 e. The zero-order valence-corrected chi connectivity index (χ0v) is 15.8. The molecule has 142 valence electrons. The van der Waals surface area contributed by atoms with E-state index in [0.717, 1.165) is 38.2 Å². The number of hydrogen-bond acceptors (Lipinski definition) is 6. The summed E-state index contributed by atoms with van der Waals surface area (Å²) in [4.78, 5) is 15.6. The highest BCUT2D eigenvalue weighted by Crippen LogP contribution is 2.41. The first-order valence-electron chi connectivity index (χ1n) is 9.34. The number of rotatable bonds is 4. The van der Waals surface area contributed by atoms with Crippen molar-refractivity contribution in [1.82, 2.24) is 4.90 Å². The van der Waals surface area contributed by atoms with Gasteiger partial charge < -0.3 is 4.90 Å². The monoisotopic (exact) mass is 379 g/mol. The summed E-state index contributed by atoms with van der Waals surface area (Å²) in [6, 6.07) is 5.96. The summed E-state index contributed by atoms with van der Waals surface area (Å²) in [7, 11) is -3.65. The number of nitro groups is 1. The Hall–Kier alpha value is -1.67. The Morgan fingerprint density at radius 1 is 1.15 bits per heavy atom. The summed E-state index contributed by atoms with van der Waals surface area (Å²) < 4.78 is 24.0. The van der Waals surface area contributed by atoms with Gasteiger partial charge in [-0.05, 0) is 56.7 Å². The highest BCUT2D eigenvalue weighted by Gasteiger charge is 2.43. The van der Waals surface area contributed by atoms with Crippen molar-refractivity contribution in [1.29, 1.82) is 0 Å². The molecule has 0 bridgehead atoms. The third-order valence-electron chi connectivity index (χ3n) is 6.03. The second-order valence-electron chi connectivity index (χ2n) is 7.83. The Morgan fingerprint density at radius 2 is 1.92 bits per heavy atom. The van der Waals surface area contributed by atoms with Crippen LogP contribution in [-0.2, 0) is 9.84 Å².